The molecule has 2 rings (SSSR count). The molecule has 0 bridgehead atoms. The van der Waals surface area contributed by atoms with Gasteiger partial charge < -0.3 is 15.8 Å². The van der Waals surface area contributed by atoms with Gasteiger partial charge in [-0.05, 0) is 23.3 Å². The van der Waals surface area contributed by atoms with Gasteiger partial charge in [0.2, 0.25) is 0 Å². The molecule has 5 nitrogen and oxygen atoms in total. The Labute approximate surface area is 111 Å². The lowest BCUT2D eigenvalue weighted by molar-refractivity contribution is -0.143. The number of benzene rings is 1. The largest absolute Gasteiger partial charge is 0.468 e. The molecule has 1 atom stereocenters. The average Bonchev–Trinajstić information content (AvgIpc) is 2.76. The molecule has 108 valence electrons. The van der Waals surface area contributed by atoms with Crippen LogP contribution in [0.3, 0.4) is 0 Å². The predicted octanol–water partition coefficient (Wildman–Crippen LogP) is 1.12. The molecular formula is C12H11F3N2O3. The van der Waals surface area contributed by atoms with E-state index >= 15 is 0 Å². The normalized spacial score (nSPS) is 15.6. The van der Waals surface area contributed by atoms with Crippen LogP contribution in [0.1, 0.15) is 33.1 Å². The second-order valence-corrected chi connectivity index (χ2v) is 4.28. The molecule has 1 aliphatic rings. The maximum Gasteiger partial charge on any atom is 0.416 e. The first kappa shape index (κ1) is 14.3. The van der Waals surface area contributed by atoms with Crippen molar-refractivity contribution in [3.05, 3.63) is 34.4 Å². The summed E-state index contributed by atoms with van der Waals surface area (Å²) >= 11 is 0. The third kappa shape index (κ3) is 2.34. The van der Waals surface area contributed by atoms with Gasteiger partial charge in [0.15, 0.2) is 0 Å². The molecule has 1 amide bonds. The molecule has 0 spiro atoms. The van der Waals surface area contributed by atoms with E-state index in [0.717, 1.165) is 13.2 Å². The summed E-state index contributed by atoms with van der Waals surface area (Å²) in [7, 11) is 1.08. The fourth-order valence-electron chi connectivity index (χ4n) is 2.05. The lowest BCUT2D eigenvalue weighted by Gasteiger charge is -2.16. The van der Waals surface area contributed by atoms with Crippen LogP contribution < -0.4 is 11.1 Å². The Bertz CT molecular complexity index is 584. The average molecular weight is 288 g/mol. The third-order valence-electron chi connectivity index (χ3n) is 3.06. The molecule has 0 saturated carbocycles. The van der Waals surface area contributed by atoms with Gasteiger partial charge in [0.25, 0.3) is 5.91 Å². The van der Waals surface area contributed by atoms with E-state index in [1.165, 1.54) is 6.07 Å². The van der Waals surface area contributed by atoms with Crippen LogP contribution in [-0.2, 0) is 22.3 Å². The van der Waals surface area contributed by atoms with E-state index in [1.807, 2.05) is 0 Å². The zero-order chi connectivity index (χ0) is 15.1. The van der Waals surface area contributed by atoms with Crippen LogP contribution in [0.5, 0.6) is 0 Å². The van der Waals surface area contributed by atoms with Crippen LogP contribution in [0.2, 0.25) is 0 Å². The zero-order valence-corrected chi connectivity index (χ0v) is 10.4. The van der Waals surface area contributed by atoms with Gasteiger partial charge in [0, 0.05) is 12.1 Å². The molecule has 1 aliphatic heterocycles. The maximum absolute atomic E-state index is 13.0. The van der Waals surface area contributed by atoms with E-state index < -0.39 is 29.7 Å². The van der Waals surface area contributed by atoms with Gasteiger partial charge >= 0.3 is 12.1 Å². The van der Waals surface area contributed by atoms with Crippen molar-refractivity contribution in [1.82, 2.24) is 5.32 Å². The summed E-state index contributed by atoms with van der Waals surface area (Å²) in [6.07, 6.45) is -4.64. The van der Waals surface area contributed by atoms with Crippen LogP contribution in [-0.4, -0.2) is 19.0 Å². The van der Waals surface area contributed by atoms with Gasteiger partial charge in [0.1, 0.15) is 6.04 Å². The van der Waals surface area contributed by atoms with Crippen LogP contribution in [0.15, 0.2) is 12.1 Å². The Balaban J connectivity index is 2.59. The summed E-state index contributed by atoms with van der Waals surface area (Å²) in [5.74, 6) is -1.50. The summed E-state index contributed by atoms with van der Waals surface area (Å²) < 4.78 is 43.4. The van der Waals surface area contributed by atoms with Crippen molar-refractivity contribution in [3.63, 3.8) is 0 Å². The Morgan fingerprint density at radius 3 is 2.65 bits per heavy atom. The minimum atomic E-state index is -4.64. The first-order chi connectivity index (χ1) is 9.25. The molecule has 1 heterocycles. The molecule has 0 aliphatic carbocycles. The molecule has 1 aromatic carbocycles. The van der Waals surface area contributed by atoms with Gasteiger partial charge in [0.05, 0.1) is 12.7 Å². The highest BCUT2D eigenvalue weighted by Gasteiger charge is 2.38. The van der Waals surface area contributed by atoms with Crippen molar-refractivity contribution in [1.29, 1.82) is 0 Å². The number of hydrogen-bond donors (Lipinski definition) is 2. The van der Waals surface area contributed by atoms with Gasteiger partial charge in [-0.15, -0.1) is 0 Å². The Kier molecular flexibility index (Phi) is 3.43. The molecule has 0 aromatic heterocycles. The zero-order valence-electron chi connectivity index (χ0n) is 10.4. The first-order valence-corrected chi connectivity index (χ1v) is 5.61. The van der Waals surface area contributed by atoms with E-state index in [2.05, 4.69) is 10.1 Å². The summed E-state index contributed by atoms with van der Waals surface area (Å²) in [5.41, 5.74) is 4.19. The predicted molar refractivity (Wildman–Crippen MR) is 61.6 cm³/mol. The van der Waals surface area contributed by atoms with E-state index in [4.69, 9.17) is 5.73 Å². The van der Waals surface area contributed by atoms with Crippen LogP contribution in [0.4, 0.5) is 13.2 Å². The van der Waals surface area contributed by atoms with E-state index in [0.29, 0.717) is 0 Å². The number of carbonyl (C=O) groups is 2. The molecule has 3 N–H and O–H groups in total. The van der Waals surface area contributed by atoms with Crippen LogP contribution in [0, 0.1) is 0 Å². The minimum absolute atomic E-state index is 0.111. The summed E-state index contributed by atoms with van der Waals surface area (Å²) in [6.45, 7) is -0.198. The Morgan fingerprint density at radius 2 is 2.10 bits per heavy atom. The standard InChI is InChI=1S/C12H11F3N2O3/c1-20-11(19)9(16)5-2-6-7(4-17-10(6)18)8(3-5)12(13,14)15/h2-3,9H,4,16H2,1H3,(H,17,18). The van der Waals surface area contributed by atoms with Crippen molar-refractivity contribution in [2.24, 2.45) is 5.73 Å². The molecule has 0 saturated heterocycles. The van der Waals surface area contributed by atoms with Crippen LogP contribution >= 0.6 is 0 Å². The van der Waals surface area contributed by atoms with Gasteiger partial charge in [-0.2, -0.15) is 13.2 Å². The van der Waals surface area contributed by atoms with E-state index in [9.17, 15) is 22.8 Å². The summed E-state index contributed by atoms with van der Waals surface area (Å²) in [6, 6.07) is 0.592. The summed E-state index contributed by atoms with van der Waals surface area (Å²) in [4.78, 5) is 22.8. The van der Waals surface area contributed by atoms with Gasteiger partial charge in [-0.25, -0.2) is 0 Å². The van der Waals surface area contributed by atoms with E-state index in [1.54, 1.807) is 0 Å². The quantitative estimate of drug-likeness (QED) is 0.799. The number of fused-ring (bicyclic) bond motifs is 1. The number of ether oxygens (including phenoxy) is 1. The molecule has 20 heavy (non-hydrogen) atoms. The second kappa shape index (κ2) is 4.78. The molecular weight excluding hydrogens is 277 g/mol. The lowest BCUT2D eigenvalue weighted by Crippen LogP contribution is -2.24. The minimum Gasteiger partial charge on any atom is -0.468 e. The number of hydrogen-bond acceptors (Lipinski definition) is 4. The van der Waals surface area contributed by atoms with Gasteiger partial charge in [-0.3, -0.25) is 9.59 Å². The van der Waals surface area contributed by atoms with Crippen molar-refractivity contribution >= 4 is 11.9 Å². The number of amides is 1. The van der Waals surface area contributed by atoms with Crippen LogP contribution in [0.25, 0.3) is 0 Å². The highest BCUT2D eigenvalue weighted by molar-refractivity contribution is 5.99. The number of esters is 1. The highest BCUT2D eigenvalue weighted by Crippen LogP contribution is 2.37. The number of methoxy groups -OCH3 is 1. The summed E-state index contributed by atoms with van der Waals surface area (Å²) in [5, 5.41) is 2.31. The lowest BCUT2D eigenvalue weighted by atomic mass is 9.95. The maximum atomic E-state index is 13.0. The molecule has 0 fully saturated rings. The van der Waals surface area contributed by atoms with Crippen molar-refractivity contribution in [2.75, 3.05) is 7.11 Å². The number of alkyl halides is 3. The number of nitrogens with two attached hydrogens (primary N) is 1. The third-order valence-corrected chi connectivity index (χ3v) is 3.06. The smallest absolute Gasteiger partial charge is 0.416 e. The highest BCUT2D eigenvalue weighted by atomic mass is 19.4. The van der Waals surface area contributed by atoms with E-state index in [-0.39, 0.29) is 23.2 Å². The number of nitrogens with one attached hydrogen (secondary N) is 1. The van der Waals surface area contributed by atoms with Gasteiger partial charge in [-0.1, -0.05) is 0 Å². The number of halogens is 3. The Morgan fingerprint density at radius 1 is 1.45 bits per heavy atom. The monoisotopic (exact) mass is 288 g/mol. The second-order valence-electron chi connectivity index (χ2n) is 4.28. The molecule has 1 unspecified atom stereocenters. The van der Waals surface area contributed by atoms with Crippen molar-refractivity contribution in [2.45, 2.75) is 18.8 Å². The molecule has 1 aromatic rings. The van der Waals surface area contributed by atoms with Crippen molar-refractivity contribution in [3.8, 4) is 0 Å². The van der Waals surface area contributed by atoms with Crippen molar-refractivity contribution < 1.29 is 27.5 Å². The fraction of sp³-hybridized carbons (Fsp3) is 0.333. The SMILES string of the molecule is COC(=O)C(N)c1cc2c(c(C(F)(F)F)c1)CNC2=O. The first-order valence-electron chi connectivity index (χ1n) is 5.61. The number of carbonyl (C=O) groups excluding carboxylic acids is 2. The fourth-order valence-corrected chi connectivity index (χ4v) is 2.05. The molecule has 0 radical (unpaired) electrons. The number of rotatable bonds is 2. The topological polar surface area (TPSA) is 81.4 Å². The Hall–Kier alpha value is -2.09. The molecule has 8 heteroatoms.